The second-order valence-electron chi connectivity index (χ2n) is 6.16. The number of carbonyl (C=O) groups excluding carboxylic acids is 1. The van der Waals surface area contributed by atoms with Crippen molar-refractivity contribution in [1.82, 2.24) is 24.9 Å². The third kappa shape index (κ3) is 4.75. The second kappa shape index (κ2) is 8.50. The highest BCUT2D eigenvalue weighted by Crippen LogP contribution is 2.27. The van der Waals surface area contributed by atoms with Gasteiger partial charge in [-0.3, -0.25) is 19.6 Å². The Morgan fingerprint density at radius 2 is 2.10 bits per heavy atom. The van der Waals surface area contributed by atoms with Gasteiger partial charge in [-0.2, -0.15) is 10.2 Å². The van der Waals surface area contributed by atoms with Crippen LogP contribution in [0.2, 0.25) is 0 Å². The summed E-state index contributed by atoms with van der Waals surface area (Å²) in [5.41, 5.74) is 1.53. The smallest absolute Gasteiger partial charge is 0.311 e. The van der Waals surface area contributed by atoms with Crippen LogP contribution in [-0.2, 0) is 19.8 Å². The molecule has 0 aliphatic heterocycles. The average Bonchev–Trinajstić information content (AvgIpc) is 3.30. The van der Waals surface area contributed by atoms with E-state index in [0.717, 1.165) is 36.0 Å². The van der Waals surface area contributed by atoms with Crippen molar-refractivity contribution in [2.75, 3.05) is 0 Å². The first-order chi connectivity index (χ1) is 13.9. The Labute approximate surface area is 165 Å². The van der Waals surface area contributed by atoms with E-state index in [0.29, 0.717) is 6.54 Å². The summed E-state index contributed by atoms with van der Waals surface area (Å²) >= 11 is 0. The van der Waals surface area contributed by atoms with E-state index in [9.17, 15) is 19.3 Å². The molecule has 1 N–H and O–H groups in total. The second-order valence-corrected chi connectivity index (χ2v) is 6.16. The lowest BCUT2D eigenvalue weighted by Gasteiger charge is -2.07. The van der Waals surface area contributed by atoms with Gasteiger partial charge in [-0.25, -0.2) is 9.07 Å². The van der Waals surface area contributed by atoms with Crippen LogP contribution in [0.1, 0.15) is 28.7 Å². The average molecular weight is 402 g/mol. The number of ether oxygens (including phenoxy) is 1. The molecule has 2 heterocycles. The predicted molar refractivity (Wildman–Crippen MR) is 99.7 cm³/mol. The Balaban J connectivity index is 1.60. The van der Waals surface area contributed by atoms with Crippen LogP contribution >= 0.6 is 0 Å². The summed E-state index contributed by atoms with van der Waals surface area (Å²) in [6.07, 6.45) is 3.36. The van der Waals surface area contributed by atoms with E-state index in [1.807, 2.05) is 20.0 Å². The van der Waals surface area contributed by atoms with Crippen molar-refractivity contribution < 1.29 is 18.8 Å². The van der Waals surface area contributed by atoms with Crippen molar-refractivity contribution in [2.45, 2.75) is 33.7 Å². The van der Waals surface area contributed by atoms with E-state index in [4.69, 9.17) is 4.74 Å². The standard InChI is InChI=1S/C18H19FN6O4/c1-3-23-10-13(12(2)21-23)9-20-18(26)15-6-7-24(22-15)11-29-17-8-14(19)4-5-16(17)25(27)28/h4-8,10H,3,9,11H2,1-2H3,(H,20,26). The lowest BCUT2D eigenvalue weighted by molar-refractivity contribution is -0.386. The number of amides is 1. The number of hydrogen-bond donors (Lipinski definition) is 1. The van der Waals surface area contributed by atoms with Crippen molar-refractivity contribution >= 4 is 11.6 Å². The number of nitrogens with one attached hydrogen (secondary N) is 1. The van der Waals surface area contributed by atoms with Crippen LogP contribution < -0.4 is 10.1 Å². The highest BCUT2D eigenvalue weighted by molar-refractivity contribution is 5.92. The number of benzene rings is 1. The van der Waals surface area contributed by atoms with Crippen LogP contribution in [0.3, 0.4) is 0 Å². The molecule has 29 heavy (non-hydrogen) atoms. The van der Waals surface area contributed by atoms with Gasteiger partial charge in [-0.05, 0) is 26.0 Å². The molecule has 0 aliphatic carbocycles. The summed E-state index contributed by atoms with van der Waals surface area (Å²) < 4.78 is 21.7. The molecule has 10 nitrogen and oxygen atoms in total. The van der Waals surface area contributed by atoms with Crippen molar-refractivity contribution in [1.29, 1.82) is 0 Å². The maximum absolute atomic E-state index is 13.3. The van der Waals surface area contributed by atoms with E-state index in [1.165, 1.54) is 16.9 Å². The van der Waals surface area contributed by atoms with Crippen LogP contribution in [0, 0.1) is 22.9 Å². The van der Waals surface area contributed by atoms with Crippen LogP contribution in [0.4, 0.5) is 10.1 Å². The first kappa shape index (κ1) is 20.0. The zero-order chi connectivity index (χ0) is 21.0. The summed E-state index contributed by atoms with van der Waals surface area (Å²) in [5.74, 6) is -1.27. The van der Waals surface area contributed by atoms with Gasteiger partial charge in [0.15, 0.2) is 6.73 Å². The molecule has 0 bridgehead atoms. The third-order valence-corrected chi connectivity index (χ3v) is 4.16. The number of hydrogen-bond acceptors (Lipinski definition) is 6. The first-order valence-electron chi connectivity index (χ1n) is 8.78. The molecule has 1 amide bonds. The summed E-state index contributed by atoms with van der Waals surface area (Å²) in [6, 6.07) is 4.41. The maximum atomic E-state index is 13.3. The van der Waals surface area contributed by atoms with Gasteiger partial charge in [0.25, 0.3) is 5.91 Å². The van der Waals surface area contributed by atoms with Gasteiger partial charge in [-0.15, -0.1) is 0 Å². The van der Waals surface area contributed by atoms with E-state index in [1.54, 1.807) is 4.68 Å². The number of carbonyl (C=O) groups is 1. The van der Waals surface area contributed by atoms with E-state index in [2.05, 4.69) is 15.5 Å². The molecule has 0 radical (unpaired) electrons. The molecule has 0 saturated carbocycles. The van der Waals surface area contributed by atoms with Gasteiger partial charge < -0.3 is 10.1 Å². The van der Waals surface area contributed by atoms with E-state index in [-0.39, 0.29) is 29.8 Å². The van der Waals surface area contributed by atoms with Gasteiger partial charge in [0, 0.05) is 43.2 Å². The lowest BCUT2D eigenvalue weighted by Crippen LogP contribution is -2.23. The van der Waals surface area contributed by atoms with Crippen molar-refractivity contribution in [2.24, 2.45) is 0 Å². The van der Waals surface area contributed by atoms with Crippen LogP contribution in [-0.4, -0.2) is 30.4 Å². The van der Waals surface area contributed by atoms with E-state index >= 15 is 0 Å². The Morgan fingerprint density at radius 3 is 2.79 bits per heavy atom. The van der Waals surface area contributed by atoms with Gasteiger partial charge in [0.05, 0.1) is 10.6 Å². The largest absolute Gasteiger partial charge is 0.464 e. The van der Waals surface area contributed by atoms with Crippen LogP contribution in [0.15, 0.2) is 36.7 Å². The van der Waals surface area contributed by atoms with Crippen molar-refractivity contribution in [3.63, 3.8) is 0 Å². The Kier molecular flexibility index (Phi) is 5.86. The maximum Gasteiger partial charge on any atom is 0.311 e. The Bertz CT molecular complexity index is 1040. The zero-order valence-corrected chi connectivity index (χ0v) is 15.8. The highest BCUT2D eigenvalue weighted by Gasteiger charge is 2.17. The molecule has 11 heteroatoms. The third-order valence-electron chi connectivity index (χ3n) is 4.16. The van der Waals surface area contributed by atoms with Crippen molar-refractivity contribution in [3.8, 4) is 5.75 Å². The van der Waals surface area contributed by atoms with Gasteiger partial charge >= 0.3 is 5.69 Å². The molecule has 3 rings (SSSR count). The predicted octanol–water partition coefficient (Wildman–Crippen LogP) is 2.42. The fourth-order valence-corrected chi connectivity index (χ4v) is 2.61. The molecule has 0 unspecified atom stereocenters. The minimum absolute atomic E-state index is 0.155. The topological polar surface area (TPSA) is 117 Å². The molecule has 0 fully saturated rings. The molecule has 152 valence electrons. The summed E-state index contributed by atoms with van der Waals surface area (Å²) in [4.78, 5) is 22.6. The van der Waals surface area contributed by atoms with Gasteiger partial charge in [0.1, 0.15) is 11.5 Å². The molecule has 2 aromatic heterocycles. The molecule has 1 aromatic carbocycles. The van der Waals surface area contributed by atoms with Gasteiger partial charge in [-0.1, -0.05) is 0 Å². The summed E-state index contributed by atoms with van der Waals surface area (Å²) in [6.45, 7) is 4.67. The van der Waals surface area contributed by atoms with E-state index < -0.39 is 10.7 Å². The minimum Gasteiger partial charge on any atom is -0.464 e. The van der Waals surface area contributed by atoms with Crippen LogP contribution in [0.25, 0.3) is 0 Å². The zero-order valence-electron chi connectivity index (χ0n) is 15.8. The minimum atomic E-state index is -0.667. The Hall–Kier alpha value is -3.76. The molecular weight excluding hydrogens is 383 g/mol. The van der Waals surface area contributed by atoms with Gasteiger partial charge in [0.2, 0.25) is 5.75 Å². The highest BCUT2D eigenvalue weighted by atomic mass is 19.1. The first-order valence-corrected chi connectivity index (χ1v) is 8.78. The Morgan fingerprint density at radius 1 is 1.31 bits per heavy atom. The lowest BCUT2D eigenvalue weighted by atomic mass is 10.2. The number of nitro benzene ring substituents is 1. The number of halogens is 1. The molecular formula is C18H19FN6O4. The number of rotatable bonds is 8. The number of nitro groups is 1. The number of aryl methyl sites for hydroxylation is 2. The molecule has 0 aliphatic rings. The number of nitrogens with zero attached hydrogens (tertiary/aromatic N) is 5. The molecule has 0 saturated heterocycles. The SMILES string of the molecule is CCn1cc(CNC(=O)c2ccn(COc3cc(F)ccc3[N+](=O)[O-])n2)c(C)n1. The molecule has 3 aromatic rings. The molecule has 0 spiro atoms. The normalized spacial score (nSPS) is 10.7. The van der Waals surface area contributed by atoms with Crippen LogP contribution in [0.5, 0.6) is 5.75 Å². The summed E-state index contributed by atoms with van der Waals surface area (Å²) in [5, 5.41) is 22.1. The van der Waals surface area contributed by atoms with Crippen molar-refractivity contribution in [3.05, 3.63) is 69.5 Å². The monoisotopic (exact) mass is 402 g/mol. The quantitative estimate of drug-likeness (QED) is 0.457. The number of aromatic nitrogens is 4. The molecule has 0 atom stereocenters. The summed E-state index contributed by atoms with van der Waals surface area (Å²) in [7, 11) is 0. The fraction of sp³-hybridized carbons (Fsp3) is 0.278. The fourth-order valence-electron chi connectivity index (χ4n) is 2.61.